The van der Waals surface area contributed by atoms with Crippen molar-refractivity contribution in [2.75, 3.05) is 0 Å². The molecule has 0 bridgehead atoms. The Kier molecular flexibility index (Phi) is 7.75. The van der Waals surface area contributed by atoms with Crippen LogP contribution in [0, 0.1) is 6.92 Å². The summed E-state index contributed by atoms with van der Waals surface area (Å²) in [4.78, 5) is 35.9. The molecule has 4 N–H and O–H groups in total. The van der Waals surface area contributed by atoms with Crippen molar-refractivity contribution in [1.82, 2.24) is 10.6 Å². The maximum absolute atomic E-state index is 12.2. The molecular formula is C22H27N3O3. The lowest BCUT2D eigenvalue weighted by molar-refractivity contribution is -0.129. The van der Waals surface area contributed by atoms with Gasteiger partial charge in [0.15, 0.2) is 0 Å². The van der Waals surface area contributed by atoms with Crippen LogP contribution >= 0.6 is 0 Å². The van der Waals surface area contributed by atoms with E-state index in [0.717, 1.165) is 16.7 Å². The van der Waals surface area contributed by atoms with Gasteiger partial charge in [-0.2, -0.15) is 0 Å². The standard InChI is InChI=1S/C22H27N3O3/c1-15-8-10-17(11-9-15)14-19(22(23)28)25-21(27)13-12-20(26)24-16(2)18-6-4-3-5-7-18/h3-11,16,19H,12-14H2,1-2H3,(H2,23,28)(H,24,26)(H,25,27)/t16-,19+/m1/s1. The van der Waals surface area contributed by atoms with Crippen molar-refractivity contribution < 1.29 is 14.4 Å². The van der Waals surface area contributed by atoms with E-state index in [1.54, 1.807) is 0 Å². The van der Waals surface area contributed by atoms with Crippen molar-refractivity contribution in [3.8, 4) is 0 Å². The Morgan fingerprint density at radius 2 is 1.46 bits per heavy atom. The summed E-state index contributed by atoms with van der Waals surface area (Å²) in [5.74, 6) is -1.20. The number of nitrogens with two attached hydrogens (primary N) is 1. The summed E-state index contributed by atoms with van der Waals surface area (Å²) in [5.41, 5.74) is 8.43. The van der Waals surface area contributed by atoms with Gasteiger partial charge in [-0.25, -0.2) is 0 Å². The summed E-state index contributed by atoms with van der Waals surface area (Å²) in [6.07, 6.45) is 0.350. The van der Waals surface area contributed by atoms with Crippen LogP contribution in [-0.2, 0) is 20.8 Å². The molecule has 0 spiro atoms. The Bertz CT molecular complexity index is 804. The molecule has 148 valence electrons. The SMILES string of the molecule is Cc1ccc(C[C@H](NC(=O)CCC(=O)N[C@H](C)c2ccccc2)C(N)=O)cc1. The zero-order valence-electron chi connectivity index (χ0n) is 16.3. The quantitative estimate of drug-likeness (QED) is 0.620. The Balaban J connectivity index is 1.81. The number of amides is 3. The Hall–Kier alpha value is -3.15. The molecule has 0 aromatic heterocycles. The van der Waals surface area contributed by atoms with Crippen molar-refractivity contribution in [3.63, 3.8) is 0 Å². The smallest absolute Gasteiger partial charge is 0.240 e. The van der Waals surface area contributed by atoms with Crippen LogP contribution in [0.4, 0.5) is 0 Å². The van der Waals surface area contributed by atoms with E-state index in [4.69, 9.17) is 5.73 Å². The van der Waals surface area contributed by atoms with Crippen LogP contribution in [0.3, 0.4) is 0 Å². The third-order valence-corrected chi connectivity index (χ3v) is 4.50. The lowest BCUT2D eigenvalue weighted by atomic mass is 10.0. The highest BCUT2D eigenvalue weighted by Gasteiger charge is 2.19. The molecular weight excluding hydrogens is 354 g/mol. The van der Waals surface area contributed by atoms with Gasteiger partial charge in [-0.05, 0) is 25.0 Å². The van der Waals surface area contributed by atoms with E-state index in [1.807, 2.05) is 68.4 Å². The molecule has 0 radical (unpaired) electrons. The van der Waals surface area contributed by atoms with Gasteiger partial charge < -0.3 is 16.4 Å². The summed E-state index contributed by atoms with van der Waals surface area (Å²) in [6.45, 7) is 3.86. The van der Waals surface area contributed by atoms with Gasteiger partial charge in [0.05, 0.1) is 6.04 Å². The minimum atomic E-state index is -0.804. The second-order valence-electron chi connectivity index (χ2n) is 6.91. The van der Waals surface area contributed by atoms with E-state index in [0.29, 0.717) is 6.42 Å². The van der Waals surface area contributed by atoms with Gasteiger partial charge in [0.1, 0.15) is 6.04 Å². The van der Waals surface area contributed by atoms with Gasteiger partial charge in [-0.1, -0.05) is 60.2 Å². The fourth-order valence-electron chi connectivity index (χ4n) is 2.81. The number of carbonyl (C=O) groups excluding carboxylic acids is 3. The largest absolute Gasteiger partial charge is 0.368 e. The van der Waals surface area contributed by atoms with Crippen molar-refractivity contribution in [3.05, 3.63) is 71.3 Å². The predicted octanol–water partition coefficient (Wildman–Crippen LogP) is 2.17. The number of benzene rings is 2. The highest BCUT2D eigenvalue weighted by atomic mass is 16.2. The molecule has 2 atom stereocenters. The summed E-state index contributed by atoms with van der Waals surface area (Å²) < 4.78 is 0. The normalized spacial score (nSPS) is 12.6. The van der Waals surface area contributed by atoms with Crippen LogP contribution in [0.25, 0.3) is 0 Å². The van der Waals surface area contributed by atoms with E-state index in [9.17, 15) is 14.4 Å². The number of hydrogen-bond acceptors (Lipinski definition) is 3. The number of carbonyl (C=O) groups is 3. The van der Waals surface area contributed by atoms with Gasteiger partial charge in [-0.15, -0.1) is 0 Å². The fraction of sp³-hybridized carbons (Fsp3) is 0.318. The molecule has 0 aliphatic heterocycles. The first-order valence-corrected chi connectivity index (χ1v) is 9.33. The summed E-state index contributed by atoms with van der Waals surface area (Å²) in [7, 11) is 0. The van der Waals surface area contributed by atoms with Gasteiger partial charge in [0.2, 0.25) is 17.7 Å². The maximum Gasteiger partial charge on any atom is 0.240 e. The monoisotopic (exact) mass is 381 g/mol. The first-order chi connectivity index (χ1) is 13.3. The average molecular weight is 381 g/mol. The first-order valence-electron chi connectivity index (χ1n) is 9.33. The van der Waals surface area contributed by atoms with Crippen LogP contribution in [0.2, 0.25) is 0 Å². The van der Waals surface area contributed by atoms with E-state index in [-0.39, 0.29) is 30.7 Å². The maximum atomic E-state index is 12.2. The van der Waals surface area contributed by atoms with E-state index >= 15 is 0 Å². The van der Waals surface area contributed by atoms with Gasteiger partial charge in [0.25, 0.3) is 0 Å². The number of rotatable bonds is 9. The van der Waals surface area contributed by atoms with Gasteiger partial charge in [0, 0.05) is 19.3 Å². The molecule has 6 heteroatoms. The molecule has 0 saturated carbocycles. The molecule has 0 aliphatic rings. The third kappa shape index (κ3) is 6.87. The molecule has 3 amide bonds. The molecule has 2 rings (SSSR count). The molecule has 0 aliphatic carbocycles. The minimum absolute atomic E-state index is 0.00891. The van der Waals surface area contributed by atoms with Gasteiger partial charge >= 0.3 is 0 Å². The molecule has 0 unspecified atom stereocenters. The number of nitrogens with one attached hydrogen (secondary N) is 2. The lowest BCUT2D eigenvalue weighted by Gasteiger charge is -2.17. The molecule has 2 aromatic rings. The summed E-state index contributed by atoms with van der Waals surface area (Å²) in [5, 5.41) is 5.49. The molecule has 28 heavy (non-hydrogen) atoms. The fourth-order valence-corrected chi connectivity index (χ4v) is 2.81. The van der Waals surface area contributed by atoms with Crippen LogP contribution < -0.4 is 16.4 Å². The third-order valence-electron chi connectivity index (χ3n) is 4.50. The Morgan fingerprint density at radius 3 is 2.04 bits per heavy atom. The molecule has 2 aromatic carbocycles. The van der Waals surface area contributed by atoms with Crippen molar-refractivity contribution in [2.24, 2.45) is 5.73 Å². The second-order valence-corrected chi connectivity index (χ2v) is 6.91. The lowest BCUT2D eigenvalue weighted by Crippen LogP contribution is -2.46. The Morgan fingerprint density at radius 1 is 0.893 bits per heavy atom. The number of hydrogen-bond donors (Lipinski definition) is 3. The predicted molar refractivity (Wildman–Crippen MR) is 108 cm³/mol. The summed E-state index contributed by atoms with van der Waals surface area (Å²) in [6, 6.07) is 16.3. The van der Waals surface area contributed by atoms with Crippen LogP contribution in [-0.4, -0.2) is 23.8 Å². The molecule has 0 fully saturated rings. The van der Waals surface area contributed by atoms with Crippen LogP contribution in [0.15, 0.2) is 54.6 Å². The van der Waals surface area contributed by atoms with E-state index in [1.165, 1.54) is 0 Å². The van der Waals surface area contributed by atoms with Gasteiger partial charge in [-0.3, -0.25) is 14.4 Å². The minimum Gasteiger partial charge on any atom is -0.368 e. The van der Waals surface area contributed by atoms with Crippen LogP contribution in [0.5, 0.6) is 0 Å². The van der Waals surface area contributed by atoms with E-state index < -0.39 is 11.9 Å². The molecule has 6 nitrogen and oxygen atoms in total. The second kappa shape index (κ2) is 10.3. The van der Waals surface area contributed by atoms with E-state index in [2.05, 4.69) is 10.6 Å². The van der Waals surface area contributed by atoms with Crippen LogP contribution in [0.1, 0.15) is 42.5 Å². The van der Waals surface area contributed by atoms with Crippen molar-refractivity contribution in [2.45, 2.75) is 45.2 Å². The summed E-state index contributed by atoms with van der Waals surface area (Å²) >= 11 is 0. The van der Waals surface area contributed by atoms with Crippen molar-refractivity contribution >= 4 is 17.7 Å². The first kappa shape index (κ1) is 21.2. The average Bonchev–Trinajstić information content (AvgIpc) is 2.68. The number of primary amides is 1. The molecule has 0 heterocycles. The zero-order valence-corrected chi connectivity index (χ0v) is 16.3. The van der Waals surface area contributed by atoms with Crippen molar-refractivity contribution in [1.29, 1.82) is 0 Å². The topological polar surface area (TPSA) is 101 Å². The highest BCUT2D eigenvalue weighted by Crippen LogP contribution is 2.11. The molecule has 0 saturated heterocycles. The zero-order chi connectivity index (χ0) is 20.5. The number of aryl methyl sites for hydroxylation is 1. The highest BCUT2D eigenvalue weighted by molar-refractivity contribution is 5.88. The Labute approximate surface area is 165 Å².